The molecule has 12 heavy (non-hydrogen) atoms. The van der Waals surface area contributed by atoms with Crippen molar-refractivity contribution in [1.82, 2.24) is 5.32 Å². The molecule has 1 nitrogen and oxygen atoms in total. The molecule has 0 aliphatic carbocycles. The topological polar surface area (TPSA) is 12.0 Å². The van der Waals surface area contributed by atoms with E-state index in [1.165, 1.54) is 19.3 Å². The van der Waals surface area contributed by atoms with E-state index in [1.54, 1.807) is 0 Å². The summed E-state index contributed by atoms with van der Waals surface area (Å²) >= 11 is 0. The van der Waals surface area contributed by atoms with Crippen LogP contribution >= 0.6 is 0 Å². The Kier molecular flexibility index (Phi) is 8.27. The van der Waals surface area contributed by atoms with Crippen molar-refractivity contribution in [3.63, 3.8) is 0 Å². The van der Waals surface area contributed by atoms with Gasteiger partial charge in [-0.1, -0.05) is 13.8 Å². The first-order chi connectivity index (χ1) is 5.85. The van der Waals surface area contributed by atoms with Crippen LogP contribution in [0.1, 0.15) is 46.0 Å². The lowest BCUT2D eigenvalue weighted by molar-refractivity contribution is 0.458. The van der Waals surface area contributed by atoms with Crippen LogP contribution in [0.3, 0.4) is 0 Å². The number of rotatable bonds is 7. The van der Waals surface area contributed by atoms with Crippen molar-refractivity contribution in [2.45, 2.75) is 52.0 Å². The third-order valence-corrected chi connectivity index (χ3v) is 2.05. The fraction of sp³-hybridized carbons (Fsp3) is 0.818. The van der Waals surface area contributed by atoms with Crippen molar-refractivity contribution in [2.24, 2.45) is 0 Å². The molecular formula is C11H21N. The van der Waals surface area contributed by atoms with Crippen molar-refractivity contribution >= 4 is 0 Å². The SMILES string of the molecule is C#CCCCC(CC)NCCC. The normalized spacial score (nSPS) is 12.4. The van der Waals surface area contributed by atoms with Crippen molar-refractivity contribution in [3.8, 4) is 12.3 Å². The molecule has 1 unspecified atom stereocenters. The number of terminal acetylenes is 1. The fourth-order valence-electron chi connectivity index (χ4n) is 1.25. The van der Waals surface area contributed by atoms with Gasteiger partial charge < -0.3 is 5.32 Å². The second-order valence-electron chi connectivity index (χ2n) is 3.16. The van der Waals surface area contributed by atoms with E-state index in [0.717, 1.165) is 19.4 Å². The van der Waals surface area contributed by atoms with Gasteiger partial charge in [0.1, 0.15) is 0 Å². The van der Waals surface area contributed by atoms with Crippen LogP contribution in [0.4, 0.5) is 0 Å². The average molecular weight is 167 g/mol. The Bertz CT molecular complexity index is 123. The van der Waals surface area contributed by atoms with E-state index in [0.29, 0.717) is 6.04 Å². The van der Waals surface area contributed by atoms with Crippen LogP contribution in [-0.2, 0) is 0 Å². The van der Waals surface area contributed by atoms with Gasteiger partial charge in [0.2, 0.25) is 0 Å². The zero-order valence-electron chi connectivity index (χ0n) is 8.40. The van der Waals surface area contributed by atoms with Crippen LogP contribution < -0.4 is 5.32 Å². The highest BCUT2D eigenvalue weighted by Crippen LogP contribution is 2.03. The van der Waals surface area contributed by atoms with E-state index in [4.69, 9.17) is 6.42 Å². The molecule has 0 aromatic rings. The molecule has 70 valence electrons. The molecule has 0 aliphatic rings. The van der Waals surface area contributed by atoms with Gasteiger partial charge in [-0.2, -0.15) is 0 Å². The van der Waals surface area contributed by atoms with Crippen LogP contribution in [-0.4, -0.2) is 12.6 Å². The molecule has 0 aromatic carbocycles. The first-order valence-electron chi connectivity index (χ1n) is 5.02. The quantitative estimate of drug-likeness (QED) is 0.454. The summed E-state index contributed by atoms with van der Waals surface area (Å²) in [6.07, 6.45) is 10.9. The van der Waals surface area contributed by atoms with Gasteiger partial charge in [0.15, 0.2) is 0 Å². The van der Waals surface area contributed by atoms with Crippen LogP contribution in [0.5, 0.6) is 0 Å². The highest BCUT2D eigenvalue weighted by atomic mass is 14.9. The molecule has 1 N–H and O–H groups in total. The molecule has 0 saturated heterocycles. The van der Waals surface area contributed by atoms with Crippen LogP contribution in [0.15, 0.2) is 0 Å². The Morgan fingerprint density at radius 1 is 1.42 bits per heavy atom. The van der Waals surface area contributed by atoms with E-state index in [9.17, 15) is 0 Å². The molecule has 0 rings (SSSR count). The summed E-state index contributed by atoms with van der Waals surface area (Å²) < 4.78 is 0. The predicted octanol–water partition coefficient (Wildman–Crippen LogP) is 2.57. The molecular weight excluding hydrogens is 146 g/mol. The number of nitrogens with one attached hydrogen (secondary N) is 1. The van der Waals surface area contributed by atoms with Gasteiger partial charge in [-0.25, -0.2) is 0 Å². The lowest BCUT2D eigenvalue weighted by Gasteiger charge is -2.15. The van der Waals surface area contributed by atoms with Gasteiger partial charge in [-0.15, -0.1) is 12.3 Å². The maximum Gasteiger partial charge on any atom is 0.00866 e. The number of hydrogen-bond donors (Lipinski definition) is 1. The van der Waals surface area contributed by atoms with Gasteiger partial charge >= 0.3 is 0 Å². The second kappa shape index (κ2) is 8.62. The average Bonchev–Trinajstić information content (AvgIpc) is 2.11. The van der Waals surface area contributed by atoms with Crippen LogP contribution in [0.2, 0.25) is 0 Å². The standard InChI is InChI=1S/C11H21N/c1-4-7-8-9-11(6-3)12-10-5-2/h1,11-12H,5-10H2,2-3H3. The maximum absolute atomic E-state index is 5.19. The smallest absolute Gasteiger partial charge is 0.00866 e. The van der Waals surface area contributed by atoms with Crippen molar-refractivity contribution < 1.29 is 0 Å². The van der Waals surface area contributed by atoms with E-state index in [2.05, 4.69) is 25.1 Å². The van der Waals surface area contributed by atoms with Crippen LogP contribution in [0.25, 0.3) is 0 Å². The van der Waals surface area contributed by atoms with Crippen molar-refractivity contribution in [2.75, 3.05) is 6.54 Å². The molecule has 0 saturated carbocycles. The third-order valence-electron chi connectivity index (χ3n) is 2.05. The monoisotopic (exact) mass is 167 g/mol. The molecule has 0 aromatic heterocycles. The molecule has 0 amide bonds. The predicted molar refractivity (Wildman–Crippen MR) is 55.1 cm³/mol. The first kappa shape index (κ1) is 11.5. The minimum absolute atomic E-state index is 0.679. The van der Waals surface area contributed by atoms with Gasteiger partial charge in [0.05, 0.1) is 0 Å². The maximum atomic E-state index is 5.19. The summed E-state index contributed by atoms with van der Waals surface area (Å²) in [6, 6.07) is 0.679. The van der Waals surface area contributed by atoms with E-state index < -0.39 is 0 Å². The molecule has 0 heterocycles. The molecule has 1 atom stereocenters. The van der Waals surface area contributed by atoms with Crippen LogP contribution in [0, 0.1) is 12.3 Å². The van der Waals surface area contributed by atoms with Crippen molar-refractivity contribution in [1.29, 1.82) is 0 Å². The van der Waals surface area contributed by atoms with E-state index in [-0.39, 0.29) is 0 Å². The van der Waals surface area contributed by atoms with Gasteiger partial charge in [0.25, 0.3) is 0 Å². The summed E-state index contributed by atoms with van der Waals surface area (Å²) in [5.74, 6) is 2.68. The van der Waals surface area contributed by atoms with Crippen molar-refractivity contribution in [3.05, 3.63) is 0 Å². The summed E-state index contributed by atoms with van der Waals surface area (Å²) in [4.78, 5) is 0. The lowest BCUT2D eigenvalue weighted by Crippen LogP contribution is -2.28. The summed E-state index contributed by atoms with van der Waals surface area (Å²) in [7, 11) is 0. The van der Waals surface area contributed by atoms with E-state index in [1.807, 2.05) is 0 Å². The zero-order valence-corrected chi connectivity index (χ0v) is 8.40. The number of unbranched alkanes of at least 4 members (excludes halogenated alkanes) is 1. The second-order valence-corrected chi connectivity index (χ2v) is 3.16. The minimum Gasteiger partial charge on any atom is -0.314 e. The lowest BCUT2D eigenvalue weighted by atomic mass is 10.1. The van der Waals surface area contributed by atoms with Gasteiger partial charge in [0, 0.05) is 12.5 Å². The highest BCUT2D eigenvalue weighted by Gasteiger charge is 2.02. The Hall–Kier alpha value is -0.480. The molecule has 0 fully saturated rings. The Morgan fingerprint density at radius 2 is 2.17 bits per heavy atom. The zero-order chi connectivity index (χ0) is 9.23. The molecule has 0 spiro atoms. The van der Waals surface area contributed by atoms with Gasteiger partial charge in [-0.05, 0) is 32.2 Å². The minimum atomic E-state index is 0.679. The summed E-state index contributed by atoms with van der Waals surface area (Å²) in [5.41, 5.74) is 0. The molecule has 1 heteroatoms. The fourth-order valence-corrected chi connectivity index (χ4v) is 1.25. The molecule has 0 aliphatic heterocycles. The molecule has 0 bridgehead atoms. The largest absolute Gasteiger partial charge is 0.314 e. The van der Waals surface area contributed by atoms with E-state index >= 15 is 0 Å². The highest BCUT2D eigenvalue weighted by molar-refractivity contribution is 4.83. The molecule has 0 radical (unpaired) electrons. The third kappa shape index (κ3) is 6.24. The summed E-state index contributed by atoms with van der Waals surface area (Å²) in [5, 5.41) is 3.51. The Morgan fingerprint density at radius 3 is 2.67 bits per heavy atom. The van der Waals surface area contributed by atoms with Gasteiger partial charge in [-0.3, -0.25) is 0 Å². The summed E-state index contributed by atoms with van der Waals surface area (Å²) in [6.45, 7) is 5.55. The Labute approximate surface area is 76.9 Å². The number of hydrogen-bond acceptors (Lipinski definition) is 1. The Balaban J connectivity index is 3.34. The first-order valence-corrected chi connectivity index (χ1v) is 5.02.